The molecular weight excluding hydrogens is 258 g/mol. The number of amides is 1. The van der Waals surface area contributed by atoms with Crippen LogP contribution in [0.2, 0.25) is 0 Å². The molecule has 0 aliphatic heterocycles. The van der Waals surface area contributed by atoms with Crippen LogP contribution >= 0.6 is 11.3 Å². The number of carbonyl (C=O) groups is 1. The Bertz CT molecular complexity index is 528. The molecule has 102 valence electrons. The molecule has 0 aliphatic rings. The van der Waals surface area contributed by atoms with Crippen LogP contribution in [0.25, 0.3) is 0 Å². The smallest absolute Gasteiger partial charge is 0.228 e. The lowest BCUT2D eigenvalue weighted by molar-refractivity contribution is -0.133. The Hall–Kier alpha value is -1.55. The van der Waals surface area contributed by atoms with Crippen LogP contribution < -0.4 is 0 Å². The fourth-order valence-corrected chi connectivity index (χ4v) is 2.66. The molecule has 0 atom stereocenters. The first kappa shape index (κ1) is 13.9. The van der Waals surface area contributed by atoms with Crippen molar-refractivity contribution in [1.29, 1.82) is 0 Å². The van der Waals surface area contributed by atoms with Gasteiger partial charge in [-0.15, -0.1) is 11.3 Å². The summed E-state index contributed by atoms with van der Waals surface area (Å²) in [4.78, 5) is 15.3. The Morgan fingerprint density at radius 1 is 1.37 bits per heavy atom. The quantitative estimate of drug-likeness (QED) is 0.836. The number of hydrogen-bond donors (Lipinski definition) is 0. The molecule has 4 heteroatoms. The first-order valence-corrected chi connectivity index (χ1v) is 7.31. The molecule has 0 fully saturated rings. The summed E-state index contributed by atoms with van der Waals surface area (Å²) in [6.45, 7) is 6.51. The van der Waals surface area contributed by atoms with Crippen molar-refractivity contribution in [3.05, 3.63) is 46.0 Å². The largest absolute Gasteiger partial charge is 0.464 e. The summed E-state index contributed by atoms with van der Waals surface area (Å²) in [5.41, 5.74) is 0. The summed E-state index contributed by atoms with van der Waals surface area (Å²) >= 11 is 1.62. The zero-order valence-corrected chi connectivity index (χ0v) is 12.4. The topological polar surface area (TPSA) is 33.5 Å². The second-order valence-electron chi connectivity index (χ2n) is 4.88. The standard InChI is InChI=1S/C15H19NO2S/c1-11(2)16(10-13-7-6-12(3)18-13)15(17)9-14-5-4-8-19-14/h4-8,11H,9-10H2,1-3H3. The molecule has 19 heavy (non-hydrogen) atoms. The zero-order chi connectivity index (χ0) is 13.8. The van der Waals surface area contributed by atoms with Crippen molar-refractivity contribution in [2.24, 2.45) is 0 Å². The molecule has 0 N–H and O–H groups in total. The van der Waals surface area contributed by atoms with Crippen LogP contribution in [0.3, 0.4) is 0 Å². The average molecular weight is 277 g/mol. The van der Waals surface area contributed by atoms with E-state index in [2.05, 4.69) is 0 Å². The second kappa shape index (κ2) is 6.06. The van der Waals surface area contributed by atoms with Gasteiger partial charge in [0.2, 0.25) is 5.91 Å². The van der Waals surface area contributed by atoms with Gasteiger partial charge < -0.3 is 9.32 Å². The Kier molecular flexibility index (Phi) is 4.43. The molecule has 3 nitrogen and oxygen atoms in total. The predicted octanol–water partition coefficient (Wildman–Crippen LogP) is 3.63. The summed E-state index contributed by atoms with van der Waals surface area (Å²) in [5.74, 6) is 1.86. The molecule has 0 radical (unpaired) electrons. The third kappa shape index (κ3) is 3.70. The molecule has 2 aromatic heterocycles. The van der Waals surface area contributed by atoms with E-state index in [0.717, 1.165) is 16.4 Å². The van der Waals surface area contributed by atoms with Gasteiger partial charge in [0.1, 0.15) is 11.5 Å². The van der Waals surface area contributed by atoms with Gasteiger partial charge in [0, 0.05) is 10.9 Å². The molecule has 2 aromatic rings. The summed E-state index contributed by atoms with van der Waals surface area (Å²) < 4.78 is 5.56. The number of thiophene rings is 1. The van der Waals surface area contributed by atoms with Crippen LogP contribution in [0.1, 0.15) is 30.2 Å². The third-order valence-corrected chi connectivity index (χ3v) is 3.85. The first-order chi connectivity index (χ1) is 9.06. The van der Waals surface area contributed by atoms with E-state index >= 15 is 0 Å². The number of furan rings is 1. The van der Waals surface area contributed by atoms with E-state index in [1.54, 1.807) is 11.3 Å². The van der Waals surface area contributed by atoms with Gasteiger partial charge in [0.05, 0.1) is 13.0 Å². The molecule has 0 bridgehead atoms. The molecular formula is C15H19NO2S. The number of rotatable bonds is 5. The van der Waals surface area contributed by atoms with Crippen LogP contribution in [-0.4, -0.2) is 16.8 Å². The van der Waals surface area contributed by atoms with E-state index < -0.39 is 0 Å². The van der Waals surface area contributed by atoms with Crippen molar-refractivity contribution in [1.82, 2.24) is 4.90 Å². The van der Waals surface area contributed by atoms with Gasteiger partial charge in [-0.1, -0.05) is 6.07 Å². The van der Waals surface area contributed by atoms with Crippen molar-refractivity contribution < 1.29 is 9.21 Å². The minimum absolute atomic E-state index is 0.145. The van der Waals surface area contributed by atoms with Gasteiger partial charge in [-0.05, 0) is 44.4 Å². The van der Waals surface area contributed by atoms with E-state index in [0.29, 0.717) is 13.0 Å². The Morgan fingerprint density at radius 2 is 2.16 bits per heavy atom. The highest BCUT2D eigenvalue weighted by atomic mass is 32.1. The maximum Gasteiger partial charge on any atom is 0.228 e. The molecule has 0 aromatic carbocycles. The molecule has 0 aliphatic carbocycles. The number of hydrogen-bond acceptors (Lipinski definition) is 3. The summed E-state index contributed by atoms with van der Waals surface area (Å²) in [5, 5.41) is 2.00. The Balaban J connectivity index is 2.05. The minimum atomic E-state index is 0.145. The van der Waals surface area contributed by atoms with Gasteiger partial charge in [-0.3, -0.25) is 4.79 Å². The van der Waals surface area contributed by atoms with Gasteiger partial charge in [-0.25, -0.2) is 0 Å². The van der Waals surface area contributed by atoms with Crippen molar-refractivity contribution in [3.63, 3.8) is 0 Å². The zero-order valence-electron chi connectivity index (χ0n) is 11.6. The SMILES string of the molecule is Cc1ccc(CN(C(=O)Cc2cccs2)C(C)C)o1. The summed E-state index contributed by atoms with van der Waals surface area (Å²) in [7, 11) is 0. The highest BCUT2D eigenvalue weighted by molar-refractivity contribution is 7.10. The van der Waals surface area contributed by atoms with Gasteiger partial charge in [0.25, 0.3) is 0 Å². The van der Waals surface area contributed by atoms with Crippen LogP contribution in [-0.2, 0) is 17.8 Å². The van der Waals surface area contributed by atoms with E-state index in [4.69, 9.17) is 4.42 Å². The van der Waals surface area contributed by atoms with Crippen molar-refractivity contribution >= 4 is 17.2 Å². The predicted molar refractivity (Wildman–Crippen MR) is 77.2 cm³/mol. The van der Waals surface area contributed by atoms with E-state index in [9.17, 15) is 4.79 Å². The number of nitrogens with zero attached hydrogens (tertiary/aromatic N) is 1. The minimum Gasteiger partial charge on any atom is -0.464 e. The van der Waals surface area contributed by atoms with Crippen LogP contribution in [0.5, 0.6) is 0 Å². The van der Waals surface area contributed by atoms with Crippen LogP contribution in [0.4, 0.5) is 0 Å². The average Bonchev–Trinajstić information content (AvgIpc) is 2.97. The van der Waals surface area contributed by atoms with Crippen LogP contribution in [0.15, 0.2) is 34.1 Å². The lowest BCUT2D eigenvalue weighted by atomic mass is 10.2. The van der Waals surface area contributed by atoms with Gasteiger partial charge >= 0.3 is 0 Å². The normalized spacial score (nSPS) is 10.9. The lowest BCUT2D eigenvalue weighted by Crippen LogP contribution is -2.37. The monoisotopic (exact) mass is 277 g/mol. The van der Waals surface area contributed by atoms with Crippen molar-refractivity contribution in [2.45, 2.75) is 39.8 Å². The highest BCUT2D eigenvalue weighted by Crippen LogP contribution is 2.15. The van der Waals surface area contributed by atoms with E-state index in [1.807, 2.05) is 55.3 Å². The van der Waals surface area contributed by atoms with E-state index in [-0.39, 0.29) is 11.9 Å². The number of carbonyl (C=O) groups excluding carboxylic acids is 1. The summed E-state index contributed by atoms with van der Waals surface area (Å²) in [6, 6.07) is 8.00. The first-order valence-electron chi connectivity index (χ1n) is 6.43. The van der Waals surface area contributed by atoms with Crippen molar-refractivity contribution in [3.8, 4) is 0 Å². The second-order valence-corrected chi connectivity index (χ2v) is 5.92. The van der Waals surface area contributed by atoms with Crippen LogP contribution in [0, 0.1) is 6.92 Å². The highest BCUT2D eigenvalue weighted by Gasteiger charge is 2.19. The van der Waals surface area contributed by atoms with Gasteiger partial charge in [-0.2, -0.15) is 0 Å². The molecule has 0 saturated heterocycles. The maximum absolute atomic E-state index is 12.4. The molecule has 0 spiro atoms. The number of aryl methyl sites for hydroxylation is 1. The molecule has 2 heterocycles. The lowest BCUT2D eigenvalue weighted by Gasteiger charge is -2.25. The molecule has 0 saturated carbocycles. The van der Waals surface area contributed by atoms with Crippen molar-refractivity contribution in [2.75, 3.05) is 0 Å². The summed E-state index contributed by atoms with van der Waals surface area (Å²) in [6.07, 6.45) is 0.468. The molecule has 1 amide bonds. The Labute approximate surface area is 117 Å². The van der Waals surface area contributed by atoms with Gasteiger partial charge in [0.15, 0.2) is 0 Å². The molecule has 2 rings (SSSR count). The third-order valence-electron chi connectivity index (χ3n) is 2.97. The molecule has 0 unspecified atom stereocenters. The fourth-order valence-electron chi connectivity index (χ4n) is 1.96. The van der Waals surface area contributed by atoms with E-state index in [1.165, 1.54) is 0 Å². The maximum atomic E-state index is 12.4. The Morgan fingerprint density at radius 3 is 2.68 bits per heavy atom. The fraction of sp³-hybridized carbons (Fsp3) is 0.400.